The first-order valence-corrected chi connectivity index (χ1v) is 10.6. The Morgan fingerprint density at radius 1 is 1.10 bits per heavy atom. The quantitative estimate of drug-likeness (QED) is 0.580. The number of pyridine rings is 1. The van der Waals surface area contributed by atoms with E-state index in [2.05, 4.69) is 33.0 Å². The lowest BCUT2D eigenvalue weighted by molar-refractivity contribution is -0.139. The van der Waals surface area contributed by atoms with Crippen molar-refractivity contribution in [2.75, 3.05) is 33.3 Å². The monoisotopic (exact) mass is 453 g/mol. The Bertz CT molecular complexity index is 1020. The summed E-state index contributed by atoms with van der Waals surface area (Å²) >= 11 is 3.50. The summed E-state index contributed by atoms with van der Waals surface area (Å²) in [5.41, 5.74) is 2.97. The maximum atomic E-state index is 12.1. The molecule has 2 heterocycles. The third kappa shape index (κ3) is 4.43. The highest BCUT2D eigenvalue weighted by atomic mass is 79.9. The molecule has 1 aliphatic rings. The highest BCUT2D eigenvalue weighted by Gasteiger charge is 2.28. The van der Waals surface area contributed by atoms with Crippen LogP contribution in [0.4, 0.5) is 0 Å². The number of piperazine rings is 1. The van der Waals surface area contributed by atoms with Crippen LogP contribution < -0.4 is 4.74 Å². The molecule has 1 fully saturated rings. The average molecular weight is 454 g/mol. The highest BCUT2D eigenvalue weighted by Crippen LogP contribution is 2.25. The zero-order chi connectivity index (χ0) is 20.4. The normalized spacial score (nSPS) is 17.7. The summed E-state index contributed by atoms with van der Waals surface area (Å²) in [7, 11) is 1.86. The summed E-state index contributed by atoms with van der Waals surface area (Å²) in [6, 6.07) is 18.1. The Kier molecular flexibility index (Phi) is 5.83. The van der Waals surface area contributed by atoms with Gasteiger partial charge in [-0.25, -0.2) is 4.98 Å². The van der Waals surface area contributed by atoms with E-state index in [1.807, 2.05) is 56.4 Å². The second kappa shape index (κ2) is 8.51. The minimum atomic E-state index is -0.0840. The number of rotatable bonds is 5. The summed E-state index contributed by atoms with van der Waals surface area (Å²) in [5.74, 6) is 1.00. The Hall–Kier alpha value is -2.44. The van der Waals surface area contributed by atoms with Crippen LogP contribution in [0.2, 0.25) is 0 Å². The molecule has 2 aromatic carbocycles. The molecule has 6 heteroatoms. The Labute approximate surface area is 179 Å². The molecule has 0 N–H and O–H groups in total. The smallest absolute Gasteiger partial charge is 0.239 e. The molecule has 1 aromatic heterocycles. The molecule has 0 spiro atoms. The van der Waals surface area contributed by atoms with Gasteiger partial charge in [-0.3, -0.25) is 9.69 Å². The topological polar surface area (TPSA) is 45.7 Å². The maximum Gasteiger partial charge on any atom is 0.239 e. The Morgan fingerprint density at radius 2 is 1.90 bits per heavy atom. The van der Waals surface area contributed by atoms with Crippen molar-refractivity contribution in [1.29, 1.82) is 0 Å². The molecule has 0 saturated carbocycles. The van der Waals surface area contributed by atoms with Crippen molar-refractivity contribution < 1.29 is 9.53 Å². The molecule has 150 valence electrons. The molecule has 0 aliphatic carbocycles. The Morgan fingerprint density at radius 3 is 2.69 bits per heavy atom. The first-order valence-electron chi connectivity index (χ1n) is 9.80. The molecule has 3 aromatic rings. The van der Waals surface area contributed by atoms with Crippen molar-refractivity contribution in [2.24, 2.45) is 0 Å². The number of halogens is 1. The number of hydrogen-bond donors (Lipinski definition) is 0. The van der Waals surface area contributed by atoms with Gasteiger partial charge in [-0.2, -0.15) is 0 Å². The van der Waals surface area contributed by atoms with E-state index in [-0.39, 0.29) is 11.9 Å². The van der Waals surface area contributed by atoms with Crippen LogP contribution in [0.25, 0.3) is 22.2 Å². The van der Waals surface area contributed by atoms with Gasteiger partial charge in [0.2, 0.25) is 5.91 Å². The number of fused-ring (bicyclic) bond motifs is 1. The fourth-order valence-corrected chi connectivity index (χ4v) is 4.00. The van der Waals surface area contributed by atoms with Gasteiger partial charge in [-0.05, 0) is 55.5 Å². The summed E-state index contributed by atoms with van der Waals surface area (Å²) < 4.78 is 6.95. The van der Waals surface area contributed by atoms with E-state index in [1.165, 1.54) is 0 Å². The van der Waals surface area contributed by atoms with E-state index in [1.54, 1.807) is 4.90 Å². The van der Waals surface area contributed by atoms with Crippen molar-refractivity contribution in [2.45, 2.75) is 13.0 Å². The summed E-state index contributed by atoms with van der Waals surface area (Å²) in [6.07, 6.45) is 0. The minimum absolute atomic E-state index is 0.0840. The number of amides is 1. The van der Waals surface area contributed by atoms with E-state index in [0.717, 1.165) is 52.0 Å². The van der Waals surface area contributed by atoms with Crippen LogP contribution in [-0.4, -0.2) is 60.0 Å². The number of aromatic nitrogens is 1. The number of benzene rings is 2. The van der Waals surface area contributed by atoms with Crippen LogP contribution in [0.3, 0.4) is 0 Å². The van der Waals surface area contributed by atoms with Crippen LogP contribution in [0.5, 0.6) is 5.75 Å². The molecule has 29 heavy (non-hydrogen) atoms. The van der Waals surface area contributed by atoms with Crippen LogP contribution in [-0.2, 0) is 4.79 Å². The van der Waals surface area contributed by atoms with Crippen molar-refractivity contribution >= 4 is 32.7 Å². The molecule has 4 rings (SSSR count). The SMILES string of the molecule is C[C@H]1C(=O)N(C)CCN1CCOc1ccc(-c2ccc3cc(Br)ccc3n2)cc1. The predicted octanol–water partition coefficient (Wildman–Crippen LogP) is 4.21. The number of hydrogen-bond acceptors (Lipinski definition) is 4. The number of likely N-dealkylation sites (N-methyl/N-ethyl adjacent to an activating group) is 1. The van der Waals surface area contributed by atoms with E-state index < -0.39 is 0 Å². The van der Waals surface area contributed by atoms with Gasteiger partial charge in [0.1, 0.15) is 12.4 Å². The molecule has 1 saturated heterocycles. The fourth-order valence-electron chi connectivity index (χ4n) is 3.62. The van der Waals surface area contributed by atoms with E-state index >= 15 is 0 Å². The van der Waals surface area contributed by atoms with Crippen LogP contribution in [0.1, 0.15) is 6.92 Å². The van der Waals surface area contributed by atoms with Crippen LogP contribution in [0.15, 0.2) is 59.1 Å². The lowest BCUT2D eigenvalue weighted by Gasteiger charge is -2.37. The first-order chi connectivity index (χ1) is 14.0. The van der Waals surface area contributed by atoms with Crippen LogP contribution in [0, 0.1) is 0 Å². The van der Waals surface area contributed by atoms with Crippen molar-refractivity contribution in [3.63, 3.8) is 0 Å². The van der Waals surface area contributed by atoms with E-state index in [9.17, 15) is 4.79 Å². The first kappa shape index (κ1) is 19.9. The van der Waals surface area contributed by atoms with Gasteiger partial charge in [-0.1, -0.05) is 22.0 Å². The zero-order valence-corrected chi connectivity index (χ0v) is 18.2. The molecule has 0 unspecified atom stereocenters. The van der Waals surface area contributed by atoms with Gasteiger partial charge in [-0.15, -0.1) is 0 Å². The molecular weight excluding hydrogens is 430 g/mol. The van der Waals surface area contributed by atoms with Gasteiger partial charge < -0.3 is 9.64 Å². The lowest BCUT2D eigenvalue weighted by atomic mass is 10.1. The van der Waals surface area contributed by atoms with Gasteiger partial charge in [0.05, 0.1) is 17.3 Å². The molecule has 0 radical (unpaired) electrons. The summed E-state index contributed by atoms with van der Waals surface area (Å²) in [4.78, 5) is 20.8. The van der Waals surface area contributed by atoms with E-state index in [0.29, 0.717) is 6.61 Å². The van der Waals surface area contributed by atoms with Crippen molar-refractivity contribution in [3.05, 3.63) is 59.1 Å². The van der Waals surface area contributed by atoms with Crippen molar-refractivity contribution in [1.82, 2.24) is 14.8 Å². The number of nitrogens with zero attached hydrogens (tertiary/aromatic N) is 3. The van der Waals surface area contributed by atoms with Crippen molar-refractivity contribution in [3.8, 4) is 17.0 Å². The molecular formula is C23H24BrN3O2. The zero-order valence-electron chi connectivity index (χ0n) is 16.6. The maximum absolute atomic E-state index is 12.1. The third-order valence-corrected chi connectivity index (χ3v) is 5.95. The average Bonchev–Trinajstić information content (AvgIpc) is 2.74. The van der Waals surface area contributed by atoms with Gasteiger partial charge in [0, 0.05) is 42.1 Å². The van der Waals surface area contributed by atoms with Gasteiger partial charge >= 0.3 is 0 Å². The second-order valence-corrected chi connectivity index (χ2v) is 8.29. The molecule has 5 nitrogen and oxygen atoms in total. The second-order valence-electron chi connectivity index (χ2n) is 7.38. The van der Waals surface area contributed by atoms with Gasteiger partial charge in [0.25, 0.3) is 0 Å². The number of carbonyl (C=O) groups is 1. The minimum Gasteiger partial charge on any atom is -0.492 e. The standard InChI is InChI=1S/C23H24BrN3O2/c1-16-23(28)26(2)11-12-27(16)13-14-29-20-7-3-17(4-8-20)21-9-5-18-15-19(24)6-10-22(18)25-21/h3-10,15-16H,11-14H2,1-2H3/t16-/m0/s1. The largest absolute Gasteiger partial charge is 0.492 e. The summed E-state index contributed by atoms with van der Waals surface area (Å²) in [5, 5.41) is 1.11. The molecule has 1 aliphatic heterocycles. The van der Waals surface area contributed by atoms with Crippen LogP contribution >= 0.6 is 15.9 Å². The Balaban J connectivity index is 1.37. The number of carbonyl (C=O) groups excluding carboxylic acids is 1. The lowest BCUT2D eigenvalue weighted by Crippen LogP contribution is -2.55. The molecule has 0 bridgehead atoms. The highest BCUT2D eigenvalue weighted by molar-refractivity contribution is 9.10. The number of ether oxygens (including phenoxy) is 1. The summed E-state index contributed by atoms with van der Waals surface area (Å²) in [6.45, 7) is 4.92. The van der Waals surface area contributed by atoms with Gasteiger partial charge in [0.15, 0.2) is 0 Å². The predicted molar refractivity (Wildman–Crippen MR) is 119 cm³/mol. The molecule has 1 atom stereocenters. The molecule has 1 amide bonds. The fraction of sp³-hybridized carbons (Fsp3) is 0.304. The van der Waals surface area contributed by atoms with E-state index in [4.69, 9.17) is 9.72 Å². The third-order valence-electron chi connectivity index (χ3n) is 5.45.